The summed E-state index contributed by atoms with van der Waals surface area (Å²) < 4.78 is 9.61. The van der Waals surface area contributed by atoms with E-state index >= 15 is 0 Å². The standard InChI is InChI=1S/C4H11O2Si/c1-5-4(3-7)6-2/h3-4H,1-2,7H3. The summed E-state index contributed by atoms with van der Waals surface area (Å²) in [7, 11) is 4.27. The number of rotatable bonds is 3. The Morgan fingerprint density at radius 2 is 1.86 bits per heavy atom. The molecule has 0 aromatic heterocycles. The van der Waals surface area contributed by atoms with E-state index in [0.717, 1.165) is 10.2 Å². The SMILES string of the molecule is COC([CH][SiH3])OC. The third-order valence-electron chi connectivity index (χ3n) is 0.737. The van der Waals surface area contributed by atoms with E-state index < -0.39 is 0 Å². The smallest absolute Gasteiger partial charge is 0.156 e. The molecule has 3 heteroatoms. The van der Waals surface area contributed by atoms with Crippen molar-refractivity contribution in [3.63, 3.8) is 0 Å². The van der Waals surface area contributed by atoms with E-state index in [-0.39, 0.29) is 6.29 Å². The summed E-state index contributed by atoms with van der Waals surface area (Å²) in [6.45, 7) is 0. The van der Waals surface area contributed by atoms with Crippen molar-refractivity contribution in [3.8, 4) is 0 Å². The van der Waals surface area contributed by atoms with Crippen molar-refractivity contribution in [2.75, 3.05) is 14.2 Å². The zero-order valence-electron chi connectivity index (χ0n) is 4.97. The molecular weight excluding hydrogens is 108 g/mol. The predicted molar refractivity (Wildman–Crippen MR) is 32.0 cm³/mol. The van der Waals surface area contributed by atoms with Gasteiger partial charge in [-0.05, 0) is 6.04 Å². The summed E-state index contributed by atoms with van der Waals surface area (Å²) in [4.78, 5) is 0. The normalized spacial score (nSPS) is 10.7. The fraction of sp³-hybridized carbons (Fsp3) is 0.750. The van der Waals surface area contributed by atoms with Gasteiger partial charge in [0.25, 0.3) is 0 Å². The summed E-state index contributed by atoms with van der Waals surface area (Å²) in [6, 6.07) is 1.97. The van der Waals surface area contributed by atoms with Crippen LogP contribution in [0.4, 0.5) is 0 Å². The molecule has 0 heterocycles. The van der Waals surface area contributed by atoms with Crippen LogP contribution in [0.15, 0.2) is 0 Å². The summed E-state index contributed by atoms with van der Waals surface area (Å²) in [5.74, 6) is 0. The molecule has 0 atom stereocenters. The van der Waals surface area contributed by atoms with Gasteiger partial charge in [-0.2, -0.15) is 0 Å². The van der Waals surface area contributed by atoms with Crippen molar-refractivity contribution in [1.82, 2.24) is 0 Å². The van der Waals surface area contributed by atoms with E-state index in [2.05, 4.69) is 0 Å². The van der Waals surface area contributed by atoms with Gasteiger partial charge in [0.2, 0.25) is 0 Å². The maximum atomic E-state index is 4.81. The second-order valence-corrected chi connectivity index (χ2v) is 1.84. The third kappa shape index (κ3) is 2.79. The van der Waals surface area contributed by atoms with Crippen LogP contribution in [-0.2, 0) is 9.47 Å². The van der Waals surface area contributed by atoms with Gasteiger partial charge in [0.15, 0.2) is 6.29 Å². The number of methoxy groups -OCH3 is 2. The fourth-order valence-electron chi connectivity index (χ4n) is 0.368. The van der Waals surface area contributed by atoms with Crippen LogP contribution >= 0.6 is 0 Å². The molecule has 0 rings (SSSR count). The topological polar surface area (TPSA) is 18.5 Å². The lowest BCUT2D eigenvalue weighted by molar-refractivity contribution is -0.0724. The Morgan fingerprint density at radius 3 is 1.86 bits per heavy atom. The number of hydrogen-bond acceptors (Lipinski definition) is 2. The maximum absolute atomic E-state index is 4.81. The van der Waals surface area contributed by atoms with E-state index in [1.807, 2.05) is 6.04 Å². The molecule has 0 unspecified atom stereocenters. The summed E-state index contributed by atoms with van der Waals surface area (Å²) in [6.07, 6.45) is -0.0772. The molecule has 1 radical (unpaired) electrons. The Labute approximate surface area is 47.2 Å². The zero-order chi connectivity index (χ0) is 5.70. The highest BCUT2D eigenvalue weighted by Gasteiger charge is 1.96. The lowest BCUT2D eigenvalue weighted by Crippen LogP contribution is -2.12. The zero-order valence-corrected chi connectivity index (χ0v) is 6.97. The molecule has 0 N–H and O–H groups in total. The maximum Gasteiger partial charge on any atom is 0.156 e. The lowest BCUT2D eigenvalue weighted by atomic mass is 10.7. The summed E-state index contributed by atoms with van der Waals surface area (Å²) in [5, 5.41) is 0. The quantitative estimate of drug-likeness (QED) is 0.355. The van der Waals surface area contributed by atoms with Gasteiger partial charge >= 0.3 is 0 Å². The highest BCUT2D eigenvalue weighted by Crippen LogP contribution is 1.89. The minimum absolute atomic E-state index is 0.0772. The van der Waals surface area contributed by atoms with Crippen molar-refractivity contribution in [1.29, 1.82) is 0 Å². The Morgan fingerprint density at radius 1 is 1.43 bits per heavy atom. The first-order valence-corrected chi connectivity index (χ1v) is 3.35. The minimum Gasteiger partial charge on any atom is -0.356 e. The molecular formula is C4H11O2Si. The highest BCUT2D eigenvalue weighted by molar-refractivity contribution is 6.14. The molecule has 0 aromatic carbocycles. The van der Waals surface area contributed by atoms with E-state index in [4.69, 9.17) is 9.47 Å². The lowest BCUT2D eigenvalue weighted by Gasteiger charge is -2.07. The molecule has 0 fully saturated rings. The molecule has 0 saturated heterocycles. The predicted octanol–water partition coefficient (Wildman–Crippen LogP) is -0.868. The Kier molecular flexibility index (Phi) is 4.38. The number of ether oxygens (including phenoxy) is 2. The van der Waals surface area contributed by atoms with Gasteiger partial charge in [0, 0.05) is 24.5 Å². The molecule has 0 amide bonds. The molecule has 7 heavy (non-hydrogen) atoms. The van der Waals surface area contributed by atoms with E-state index in [0.29, 0.717) is 0 Å². The van der Waals surface area contributed by atoms with Crippen LogP contribution in [0.3, 0.4) is 0 Å². The van der Waals surface area contributed by atoms with Crippen LogP contribution in [0.1, 0.15) is 0 Å². The van der Waals surface area contributed by atoms with Crippen LogP contribution in [0.5, 0.6) is 0 Å². The van der Waals surface area contributed by atoms with Crippen LogP contribution in [-0.4, -0.2) is 30.8 Å². The van der Waals surface area contributed by atoms with Crippen molar-refractivity contribution in [2.45, 2.75) is 6.29 Å². The Hall–Kier alpha value is 0.137. The van der Waals surface area contributed by atoms with Gasteiger partial charge in [-0.1, -0.05) is 0 Å². The fourth-order valence-corrected chi connectivity index (χ4v) is 0.913. The van der Waals surface area contributed by atoms with Crippen LogP contribution in [0.25, 0.3) is 0 Å². The van der Waals surface area contributed by atoms with E-state index in [9.17, 15) is 0 Å². The van der Waals surface area contributed by atoms with Crippen molar-refractivity contribution < 1.29 is 9.47 Å². The second kappa shape index (κ2) is 4.30. The molecule has 0 aliphatic carbocycles. The molecule has 43 valence electrons. The molecule has 0 spiro atoms. The highest BCUT2D eigenvalue weighted by atomic mass is 28.1. The molecule has 2 nitrogen and oxygen atoms in total. The largest absolute Gasteiger partial charge is 0.356 e. The summed E-state index contributed by atoms with van der Waals surface area (Å²) in [5.41, 5.74) is 0. The van der Waals surface area contributed by atoms with Gasteiger partial charge in [-0.15, -0.1) is 0 Å². The van der Waals surface area contributed by atoms with Gasteiger partial charge in [0.05, 0.1) is 0 Å². The van der Waals surface area contributed by atoms with Gasteiger partial charge in [-0.3, -0.25) is 0 Å². The van der Waals surface area contributed by atoms with Gasteiger partial charge < -0.3 is 9.47 Å². The van der Waals surface area contributed by atoms with E-state index in [1.165, 1.54) is 0 Å². The van der Waals surface area contributed by atoms with Crippen LogP contribution in [0.2, 0.25) is 0 Å². The average molecular weight is 119 g/mol. The van der Waals surface area contributed by atoms with Crippen LogP contribution in [0, 0.1) is 6.04 Å². The average Bonchev–Trinajstić information content (AvgIpc) is 1.72. The van der Waals surface area contributed by atoms with Crippen molar-refractivity contribution in [2.24, 2.45) is 0 Å². The van der Waals surface area contributed by atoms with E-state index in [1.54, 1.807) is 14.2 Å². The van der Waals surface area contributed by atoms with Gasteiger partial charge in [-0.25, -0.2) is 0 Å². The first-order chi connectivity index (χ1) is 3.35. The third-order valence-corrected chi connectivity index (χ3v) is 1.28. The Balaban J connectivity index is 2.99. The molecule has 0 aromatic rings. The first kappa shape index (κ1) is 7.14. The first-order valence-electron chi connectivity index (χ1n) is 2.20. The van der Waals surface area contributed by atoms with Crippen LogP contribution < -0.4 is 0 Å². The Bertz CT molecular complexity index is 31.2. The molecule has 0 saturated carbocycles. The number of hydrogen-bond donors (Lipinski definition) is 0. The molecule has 0 aliphatic rings. The molecule has 0 bridgehead atoms. The van der Waals surface area contributed by atoms with Gasteiger partial charge in [0.1, 0.15) is 0 Å². The van der Waals surface area contributed by atoms with Crippen molar-refractivity contribution in [3.05, 3.63) is 6.04 Å². The molecule has 0 aliphatic heterocycles. The van der Waals surface area contributed by atoms with Crippen molar-refractivity contribution >= 4 is 10.2 Å². The monoisotopic (exact) mass is 119 g/mol. The minimum atomic E-state index is -0.0772. The summed E-state index contributed by atoms with van der Waals surface area (Å²) >= 11 is 0. The second-order valence-electron chi connectivity index (χ2n) is 1.17.